The van der Waals surface area contributed by atoms with Gasteiger partial charge in [-0.3, -0.25) is 0 Å². The fourth-order valence-corrected chi connectivity index (χ4v) is 2.79. The zero-order valence-electron chi connectivity index (χ0n) is 10.9. The zero-order chi connectivity index (χ0) is 13.8. The molecule has 0 aliphatic rings. The summed E-state index contributed by atoms with van der Waals surface area (Å²) >= 11 is 0. The second kappa shape index (κ2) is 6.17. The van der Waals surface area contributed by atoms with E-state index in [-0.39, 0.29) is 17.5 Å². The highest BCUT2D eigenvalue weighted by atomic mass is 32.2. The predicted molar refractivity (Wildman–Crippen MR) is 72.3 cm³/mol. The number of benzene rings is 1. The van der Waals surface area contributed by atoms with Crippen LogP contribution in [0.2, 0.25) is 0 Å². The van der Waals surface area contributed by atoms with Gasteiger partial charge >= 0.3 is 0 Å². The van der Waals surface area contributed by atoms with E-state index in [1.807, 2.05) is 11.9 Å². The molecule has 18 heavy (non-hydrogen) atoms. The summed E-state index contributed by atoms with van der Waals surface area (Å²) in [5, 5.41) is 8.83. The Hall–Kier alpha value is -1.11. The molecular formula is C12H20N2O3S. The summed E-state index contributed by atoms with van der Waals surface area (Å²) in [7, 11) is -1.59. The second-order valence-corrected chi connectivity index (χ2v) is 6.13. The molecule has 1 aromatic rings. The van der Waals surface area contributed by atoms with Crippen LogP contribution in [0.5, 0.6) is 0 Å². The Morgan fingerprint density at radius 2 is 1.83 bits per heavy atom. The number of sulfonamides is 1. The van der Waals surface area contributed by atoms with Crippen LogP contribution >= 0.6 is 0 Å². The van der Waals surface area contributed by atoms with E-state index >= 15 is 0 Å². The maximum atomic E-state index is 11.9. The molecule has 1 aromatic carbocycles. The molecule has 0 radical (unpaired) electrons. The Labute approximate surface area is 108 Å². The first-order chi connectivity index (χ1) is 8.36. The van der Waals surface area contributed by atoms with E-state index in [1.165, 1.54) is 0 Å². The summed E-state index contributed by atoms with van der Waals surface area (Å²) in [5.74, 6) is 0. The maximum absolute atomic E-state index is 11.9. The van der Waals surface area contributed by atoms with E-state index in [2.05, 4.69) is 4.72 Å². The molecule has 0 spiro atoms. The molecule has 0 saturated heterocycles. The SMILES string of the molecule is CC(C)NS(=O)(=O)c1ccc(N(C)CCO)cc1. The summed E-state index contributed by atoms with van der Waals surface area (Å²) in [6.07, 6.45) is 0. The average molecular weight is 272 g/mol. The third-order valence-corrected chi connectivity index (χ3v) is 4.09. The van der Waals surface area contributed by atoms with Crippen molar-refractivity contribution in [2.24, 2.45) is 0 Å². The summed E-state index contributed by atoms with van der Waals surface area (Å²) in [5.41, 5.74) is 0.868. The molecule has 6 heteroatoms. The van der Waals surface area contributed by atoms with Gasteiger partial charge in [-0.05, 0) is 38.1 Å². The molecule has 2 N–H and O–H groups in total. The lowest BCUT2D eigenvalue weighted by molar-refractivity contribution is 0.304. The van der Waals surface area contributed by atoms with Crippen LogP contribution in [0.4, 0.5) is 5.69 Å². The van der Waals surface area contributed by atoms with Crippen LogP contribution in [0, 0.1) is 0 Å². The Morgan fingerprint density at radius 3 is 2.28 bits per heavy atom. The zero-order valence-corrected chi connectivity index (χ0v) is 11.7. The lowest BCUT2D eigenvalue weighted by Gasteiger charge is -2.18. The normalized spacial score (nSPS) is 11.8. The van der Waals surface area contributed by atoms with Gasteiger partial charge < -0.3 is 10.0 Å². The topological polar surface area (TPSA) is 69.6 Å². The number of nitrogens with one attached hydrogen (secondary N) is 1. The highest BCUT2D eigenvalue weighted by Crippen LogP contribution is 2.16. The first-order valence-corrected chi connectivity index (χ1v) is 7.29. The smallest absolute Gasteiger partial charge is 0.240 e. The Kier molecular flexibility index (Phi) is 5.13. The predicted octanol–water partition coefficient (Wildman–Crippen LogP) is 0.802. The number of nitrogens with zero attached hydrogens (tertiary/aromatic N) is 1. The molecule has 1 rings (SSSR count). The van der Waals surface area contributed by atoms with Crippen molar-refractivity contribution in [3.63, 3.8) is 0 Å². The quantitative estimate of drug-likeness (QED) is 0.804. The number of anilines is 1. The van der Waals surface area contributed by atoms with Gasteiger partial charge in [-0.1, -0.05) is 0 Å². The van der Waals surface area contributed by atoms with E-state index in [9.17, 15) is 8.42 Å². The van der Waals surface area contributed by atoms with Gasteiger partial charge in [-0.2, -0.15) is 0 Å². The standard InChI is InChI=1S/C12H20N2O3S/c1-10(2)13-18(16,17)12-6-4-11(5-7-12)14(3)8-9-15/h4-7,10,13,15H,8-9H2,1-3H3. The highest BCUT2D eigenvalue weighted by Gasteiger charge is 2.15. The van der Waals surface area contributed by atoms with E-state index in [0.717, 1.165) is 5.69 Å². The molecule has 0 saturated carbocycles. The number of rotatable bonds is 6. The molecule has 0 amide bonds. The van der Waals surface area contributed by atoms with Crippen LogP contribution in [0.25, 0.3) is 0 Å². The van der Waals surface area contributed by atoms with Gasteiger partial charge in [0.15, 0.2) is 0 Å². The summed E-state index contributed by atoms with van der Waals surface area (Å²) in [6.45, 7) is 4.13. The Morgan fingerprint density at radius 1 is 1.28 bits per heavy atom. The third kappa shape index (κ3) is 3.97. The second-order valence-electron chi connectivity index (χ2n) is 4.42. The molecule has 0 unspecified atom stereocenters. The number of hydrogen-bond donors (Lipinski definition) is 2. The molecule has 0 fully saturated rings. The maximum Gasteiger partial charge on any atom is 0.240 e. The summed E-state index contributed by atoms with van der Waals surface area (Å²) in [6, 6.07) is 6.45. The molecular weight excluding hydrogens is 252 g/mol. The van der Waals surface area contributed by atoms with Gasteiger partial charge in [0.05, 0.1) is 11.5 Å². The van der Waals surface area contributed by atoms with Crippen molar-refractivity contribution in [2.45, 2.75) is 24.8 Å². The Bertz CT molecular complexity index is 469. The van der Waals surface area contributed by atoms with Crippen molar-refractivity contribution in [3.05, 3.63) is 24.3 Å². The monoisotopic (exact) mass is 272 g/mol. The molecule has 0 atom stereocenters. The van der Waals surface area contributed by atoms with Gasteiger partial charge in [-0.25, -0.2) is 13.1 Å². The first-order valence-electron chi connectivity index (χ1n) is 5.81. The fraction of sp³-hybridized carbons (Fsp3) is 0.500. The van der Waals surface area contributed by atoms with Crippen LogP contribution in [0.15, 0.2) is 29.2 Å². The van der Waals surface area contributed by atoms with E-state index in [1.54, 1.807) is 38.1 Å². The van der Waals surface area contributed by atoms with Crippen molar-refractivity contribution in [1.82, 2.24) is 4.72 Å². The lowest BCUT2D eigenvalue weighted by atomic mass is 10.3. The Balaban J connectivity index is 2.89. The summed E-state index contributed by atoms with van der Waals surface area (Å²) in [4.78, 5) is 2.10. The molecule has 0 aliphatic carbocycles. The molecule has 0 heterocycles. The molecule has 5 nitrogen and oxygen atoms in total. The van der Waals surface area contributed by atoms with E-state index in [4.69, 9.17) is 5.11 Å². The minimum atomic E-state index is -3.43. The van der Waals surface area contributed by atoms with Crippen LogP contribution in [-0.4, -0.2) is 39.8 Å². The highest BCUT2D eigenvalue weighted by molar-refractivity contribution is 7.89. The van der Waals surface area contributed by atoms with Gasteiger partial charge in [0.25, 0.3) is 0 Å². The lowest BCUT2D eigenvalue weighted by Crippen LogP contribution is -2.30. The van der Waals surface area contributed by atoms with Crippen LogP contribution < -0.4 is 9.62 Å². The van der Waals surface area contributed by atoms with Crippen LogP contribution in [0.1, 0.15) is 13.8 Å². The van der Waals surface area contributed by atoms with Crippen molar-refractivity contribution in [2.75, 3.05) is 25.1 Å². The van der Waals surface area contributed by atoms with Crippen molar-refractivity contribution in [3.8, 4) is 0 Å². The molecule has 102 valence electrons. The number of hydrogen-bond acceptors (Lipinski definition) is 4. The first kappa shape index (κ1) is 14.9. The van der Waals surface area contributed by atoms with Crippen molar-refractivity contribution < 1.29 is 13.5 Å². The molecule has 0 aliphatic heterocycles. The third-order valence-electron chi connectivity index (χ3n) is 2.41. The van der Waals surface area contributed by atoms with Gasteiger partial charge in [0.2, 0.25) is 10.0 Å². The molecule has 0 bridgehead atoms. The van der Waals surface area contributed by atoms with Crippen LogP contribution in [0.3, 0.4) is 0 Å². The largest absolute Gasteiger partial charge is 0.395 e. The number of aliphatic hydroxyl groups excluding tert-OH is 1. The van der Waals surface area contributed by atoms with E-state index < -0.39 is 10.0 Å². The fourth-order valence-electron chi connectivity index (χ4n) is 1.54. The van der Waals surface area contributed by atoms with E-state index in [0.29, 0.717) is 6.54 Å². The number of likely N-dealkylation sites (N-methyl/N-ethyl adjacent to an activating group) is 1. The van der Waals surface area contributed by atoms with Crippen molar-refractivity contribution >= 4 is 15.7 Å². The van der Waals surface area contributed by atoms with Gasteiger partial charge in [0, 0.05) is 25.3 Å². The minimum absolute atomic E-state index is 0.0610. The summed E-state index contributed by atoms with van der Waals surface area (Å²) < 4.78 is 26.3. The van der Waals surface area contributed by atoms with Crippen LogP contribution in [-0.2, 0) is 10.0 Å². The number of aliphatic hydroxyl groups is 1. The van der Waals surface area contributed by atoms with Gasteiger partial charge in [0.1, 0.15) is 0 Å². The van der Waals surface area contributed by atoms with Crippen molar-refractivity contribution in [1.29, 1.82) is 0 Å². The average Bonchev–Trinajstić information content (AvgIpc) is 2.28. The minimum Gasteiger partial charge on any atom is -0.395 e. The van der Waals surface area contributed by atoms with Gasteiger partial charge in [-0.15, -0.1) is 0 Å². The molecule has 0 aromatic heterocycles.